The van der Waals surface area contributed by atoms with Gasteiger partial charge < -0.3 is 19.1 Å². The molecule has 1 unspecified atom stereocenters. The second kappa shape index (κ2) is 24.9. The molecule has 0 aromatic heterocycles. The predicted octanol–water partition coefficient (Wildman–Crippen LogP) is 9.65. The first-order chi connectivity index (χ1) is 20.6. The van der Waals surface area contributed by atoms with Gasteiger partial charge in [-0.3, -0.25) is 9.05 Å². The summed E-state index contributed by atoms with van der Waals surface area (Å²) in [6.45, 7) is 4.37. The second-order valence-electron chi connectivity index (χ2n) is 11.0. The van der Waals surface area contributed by atoms with E-state index in [-0.39, 0.29) is 19.8 Å². The summed E-state index contributed by atoms with van der Waals surface area (Å²) < 4.78 is 38.9. The normalized spacial score (nSPS) is 13.0. The maximum Gasteiger partial charge on any atom is 0.472 e. The number of rotatable bonds is 29. The summed E-state index contributed by atoms with van der Waals surface area (Å²) in [7, 11) is -4.03. The Kier molecular flexibility index (Phi) is 21.8. The van der Waals surface area contributed by atoms with Crippen molar-refractivity contribution < 1.29 is 32.7 Å². The Balaban J connectivity index is 1.30. The minimum Gasteiger partial charge on any atom is -0.491 e. The Labute approximate surface area is 255 Å². The lowest BCUT2D eigenvalue weighted by molar-refractivity contribution is 0.0225. The molecule has 2 aromatic rings. The van der Waals surface area contributed by atoms with Crippen LogP contribution in [0.25, 0.3) is 10.8 Å². The summed E-state index contributed by atoms with van der Waals surface area (Å²) in [4.78, 5) is 9.82. The average Bonchev–Trinajstić information content (AvgIpc) is 2.99. The summed E-state index contributed by atoms with van der Waals surface area (Å²) in [6.07, 6.45) is 20.6. The second-order valence-corrected chi connectivity index (χ2v) is 12.4. The Morgan fingerprint density at radius 3 is 1.64 bits per heavy atom. The molecular formula is C34H57O7P. The van der Waals surface area contributed by atoms with Crippen molar-refractivity contribution in [2.24, 2.45) is 0 Å². The molecule has 0 heterocycles. The van der Waals surface area contributed by atoms with Gasteiger partial charge in [-0.25, -0.2) is 4.57 Å². The van der Waals surface area contributed by atoms with Gasteiger partial charge >= 0.3 is 7.82 Å². The Bertz CT molecular complexity index is 949. The van der Waals surface area contributed by atoms with Gasteiger partial charge in [-0.05, 0) is 17.9 Å². The minimum absolute atomic E-state index is 0.00305. The topological polar surface area (TPSA) is 83.5 Å². The third-order valence-corrected chi connectivity index (χ3v) is 8.36. The zero-order chi connectivity index (χ0) is 30.0. The molecule has 2 aromatic carbocycles. The highest BCUT2D eigenvalue weighted by atomic mass is 31.2. The summed E-state index contributed by atoms with van der Waals surface area (Å²) in [6, 6.07) is 14.1. The Morgan fingerprint density at radius 1 is 0.548 bits per heavy atom. The van der Waals surface area contributed by atoms with Crippen LogP contribution in [-0.2, 0) is 23.1 Å². The van der Waals surface area contributed by atoms with Crippen LogP contribution >= 0.6 is 7.82 Å². The first-order valence-electron chi connectivity index (χ1n) is 16.5. The van der Waals surface area contributed by atoms with Gasteiger partial charge in [0.25, 0.3) is 0 Å². The van der Waals surface area contributed by atoms with Crippen LogP contribution in [0.5, 0.6) is 5.75 Å². The van der Waals surface area contributed by atoms with E-state index < -0.39 is 7.82 Å². The van der Waals surface area contributed by atoms with Crippen molar-refractivity contribution in [1.29, 1.82) is 0 Å². The molecular weight excluding hydrogens is 551 g/mol. The number of phosphoric ester groups is 1. The Hall–Kier alpha value is -1.47. The zero-order valence-electron chi connectivity index (χ0n) is 26.1. The molecule has 0 aliphatic carbocycles. The average molecular weight is 609 g/mol. The van der Waals surface area contributed by atoms with Crippen LogP contribution < -0.4 is 4.74 Å². The van der Waals surface area contributed by atoms with Crippen molar-refractivity contribution in [3.05, 3.63) is 42.5 Å². The summed E-state index contributed by atoms with van der Waals surface area (Å²) in [5.41, 5.74) is 0. The molecule has 0 spiro atoms. The number of fused-ring (bicyclic) bond motifs is 1. The molecule has 42 heavy (non-hydrogen) atoms. The highest BCUT2D eigenvalue weighted by Gasteiger charge is 2.20. The lowest BCUT2D eigenvalue weighted by atomic mass is 10.0. The number of benzene rings is 2. The first-order valence-corrected chi connectivity index (χ1v) is 18.0. The van der Waals surface area contributed by atoms with E-state index in [1.807, 2.05) is 30.3 Å². The smallest absolute Gasteiger partial charge is 0.472 e. The molecule has 0 bridgehead atoms. The summed E-state index contributed by atoms with van der Waals surface area (Å²) in [5, 5.41) is 2.23. The van der Waals surface area contributed by atoms with E-state index in [1.54, 1.807) is 0 Å². The van der Waals surface area contributed by atoms with Crippen LogP contribution in [0.2, 0.25) is 0 Å². The van der Waals surface area contributed by atoms with Gasteiger partial charge in [0.15, 0.2) is 0 Å². The van der Waals surface area contributed by atoms with Gasteiger partial charge in [0.2, 0.25) is 0 Å². The minimum atomic E-state index is -4.03. The number of hydrogen-bond donors (Lipinski definition) is 1. The highest BCUT2D eigenvalue weighted by Crippen LogP contribution is 2.43. The fourth-order valence-corrected chi connectivity index (χ4v) is 5.67. The number of ether oxygens (including phenoxy) is 3. The SMILES string of the molecule is CCCCCCCCCCCCCCCCCCOP(=O)(O)OCCOCCOCCOc1cccc2ccccc12. The number of phosphoric acid groups is 1. The Morgan fingerprint density at radius 2 is 1.02 bits per heavy atom. The van der Waals surface area contributed by atoms with Crippen LogP contribution in [0, 0.1) is 0 Å². The lowest BCUT2D eigenvalue weighted by Gasteiger charge is -2.12. The molecule has 7 nitrogen and oxygen atoms in total. The van der Waals surface area contributed by atoms with E-state index in [9.17, 15) is 9.46 Å². The van der Waals surface area contributed by atoms with Gasteiger partial charge in [-0.15, -0.1) is 0 Å². The maximum atomic E-state index is 12.0. The quantitative estimate of drug-likeness (QED) is 0.0727. The molecule has 0 aliphatic rings. The molecule has 0 fully saturated rings. The van der Waals surface area contributed by atoms with E-state index in [2.05, 4.69) is 19.1 Å². The van der Waals surface area contributed by atoms with Gasteiger partial charge in [0.1, 0.15) is 12.4 Å². The molecule has 1 N–H and O–H groups in total. The predicted molar refractivity (Wildman–Crippen MR) is 172 cm³/mol. The highest BCUT2D eigenvalue weighted by molar-refractivity contribution is 7.47. The van der Waals surface area contributed by atoms with E-state index in [0.717, 1.165) is 35.8 Å². The van der Waals surface area contributed by atoms with Crippen molar-refractivity contribution in [1.82, 2.24) is 0 Å². The van der Waals surface area contributed by atoms with Crippen molar-refractivity contribution in [3.63, 3.8) is 0 Å². The van der Waals surface area contributed by atoms with E-state index in [0.29, 0.717) is 26.4 Å². The summed E-state index contributed by atoms with van der Waals surface area (Å²) >= 11 is 0. The zero-order valence-corrected chi connectivity index (χ0v) is 27.0. The standard InChI is InChI=1S/C34H57O7P/c1-2-3-4-5-6-7-8-9-10-11-12-13-14-15-16-19-25-40-42(35,36)41-31-29-38-27-26-37-28-30-39-34-24-20-22-32-21-17-18-23-33(32)34/h17-18,20-24H,2-16,19,25-31H2,1H3,(H,35,36). The molecule has 0 saturated heterocycles. The molecule has 0 radical (unpaired) electrons. The fraction of sp³-hybridized carbons (Fsp3) is 0.706. The molecule has 0 aliphatic heterocycles. The monoisotopic (exact) mass is 608 g/mol. The molecule has 0 amide bonds. The van der Waals surface area contributed by atoms with E-state index >= 15 is 0 Å². The van der Waals surface area contributed by atoms with Gasteiger partial charge in [0.05, 0.1) is 39.6 Å². The lowest BCUT2D eigenvalue weighted by Crippen LogP contribution is -2.12. The van der Waals surface area contributed by atoms with Crippen LogP contribution in [0.15, 0.2) is 42.5 Å². The van der Waals surface area contributed by atoms with E-state index in [1.165, 1.54) is 83.5 Å². The van der Waals surface area contributed by atoms with Crippen LogP contribution in [0.1, 0.15) is 110 Å². The number of unbranched alkanes of at least 4 members (excludes halogenated alkanes) is 15. The summed E-state index contributed by atoms with van der Waals surface area (Å²) in [5.74, 6) is 0.843. The van der Waals surface area contributed by atoms with Crippen molar-refractivity contribution in [2.45, 2.75) is 110 Å². The van der Waals surface area contributed by atoms with Gasteiger partial charge in [-0.1, -0.05) is 140 Å². The van der Waals surface area contributed by atoms with Crippen LogP contribution in [0.4, 0.5) is 0 Å². The van der Waals surface area contributed by atoms with Crippen LogP contribution in [-0.4, -0.2) is 51.1 Å². The third kappa shape index (κ3) is 18.9. The van der Waals surface area contributed by atoms with E-state index in [4.69, 9.17) is 23.3 Å². The molecule has 2 rings (SSSR count). The first kappa shape index (κ1) is 36.7. The molecule has 240 valence electrons. The number of hydrogen-bond acceptors (Lipinski definition) is 6. The van der Waals surface area contributed by atoms with Crippen LogP contribution in [0.3, 0.4) is 0 Å². The van der Waals surface area contributed by atoms with Crippen molar-refractivity contribution >= 4 is 18.6 Å². The maximum absolute atomic E-state index is 12.0. The van der Waals surface area contributed by atoms with Gasteiger partial charge in [0, 0.05) is 5.39 Å². The van der Waals surface area contributed by atoms with Gasteiger partial charge in [-0.2, -0.15) is 0 Å². The largest absolute Gasteiger partial charge is 0.491 e. The van der Waals surface area contributed by atoms with Crippen molar-refractivity contribution in [2.75, 3.05) is 46.2 Å². The third-order valence-electron chi connectivity index (χ3n) is 7.34. The molecule has 8 heteroatoms. The molecule has 1 atom stereocenters. The fourth-order valence-electron chi connectivity index (χ4n) is 4.93. The van der Waals surface area contributed by atoms with Crippen molar-refractivity contribution in [3.8, 4) is 5.75 Å². The molecule has 0 saturated carbocycles.